The van der Waals surface area contributed by atoms with E-state index in [1.165, 1.54) is 22.3 Å². The SMILES string of the molecule is O=C(OCC1c2ccccc2-c2ccccc21)N1CC2CCC1C(CO)C2. The zero-order valence-corrected chi connectivity index (χ0v) is 15.4. The van der Waals surface area contributed by atoms with Gasteiger partial charge in [-0.15, -0.1) is 0 Å². The number of hydrogen-bond acceptors (Lipinski definition) is 3. The van der Waals surface area contributed by atoms with Crippen molar-refractivity contribution in [2.45, 2.75) is 31.2 Å². The number of piperidine rings is 2. The summed E-state index contributed by atoms with van der Waals surface area (Å²) in [7, 11) is 0. The molecule has 0 radical (unpaired) electrons. The average molecular weight is 363 g/mol. The van der Waals surface area contributed by atoms with Crippen LogP contribution in [0.4, 0.5) is 4.79 Å². The van der Waals surface area contributed by atoms with E-state index in [2.05, 4.69) is 48.5 Å². The van der Waals surface area contributed by atoms with Gasteiger partial charge >= 0.3 is 6.09 Å². The third-order valence-corrected chi connectivity index (χ3v) is 6.71. The molecule has 1 saturated carbocycles. The Hall–Kier alpha value is -2.33. The fourth-order valence-corrected chi connectivity index (χ4v) is 5.42. The molecule has 1 amide bonds. The van der Waals surface area contributed by atoms with E-state index in [9.17, 15) is 9.90 Å². The van der Waals surface area contributed by atoms with E-state index >= 15 is 0 Å². The first-order valence-electron chi connectivity index (χ1n) is 9.98. The van der Waals surface area contributed by atoms with Crippen molar-refractivity contribution in [3.63, 3.8) is 0 Å². The molecule has 3 unspecified atom stereocenters. The van der Waals surface area contributed by atoms with Gasteiger partial charge in [0.25, 0.3) is 0 Å². The van der Waals surface area contributed by atoms with Gasteiger partial charge in [-0.1, -0.05) is 48.5 Å². The molecule has 2 aliphatic carbocycles. The zero-order valence-electron chi connectivity index (χ0n) is 15.4. The standard InChI is InChI=1S/C23H25NO3/c25-13-16-11-15-9-10-22(16)24(12-15)23(26)27-14-21-19-7-3-1-5-17(19)18-6-2-4-8-20(18)21/h1-8,15-16,21-22,25H,9-14H2. The summed E-state index contributed by atoms with van der Waals surface area (Å²) in [4.78, 5) is 14.7. The maximum absolute atomic E-state index is 12.9. The van der Waals surface area contributed by atoms with Crippen molar-refractivity contribution in [1.82, 2.24) is 4.90 Å². The van der Waals surface area contributed by atoms with Crippen molar-refractivity contribution in [2.75, 3.05) is 19.8 Å². The fraction of sp³-hybridized carbons (Fsp3) is 0.435. The first-order valence-corrected chi connectivity index (χ1v) is 9.98. The number of hydrogen-bond donors (Lipinski definition) is 1. The highest BCUT2D eigenvalue weighted by atomic mass is 16.6. The third kappa shape index (κ3) is 2.74. The highest BCUT2D eigenvalue weighted by Gasteiger charge is 2.43. The molecule has 6 rings (SSSR count). The second-order valence-electron chi connectivity index (χ2n) is 8.15. The van der Waals surface area contributed by atoms with Crippen molar-refractivity contribution in [2.24, 2.45) is 11.8 Å². The smallest absolute Gasteiger partial charge is 0.410 e. The second-order valence-corrected chi connectivity index (χ2v) is 8.15. The van der Waals surface area contributed by atoms with Crippen LogP contribution in [0.25, 0.3) is 11.1 Å². The van der Waals surface area contributed by atoms with Gasteiger partial charge in [0.2, 0.25) is 0 Å². The lowest BCUT2D eigenvalue weighted by molar-refractivity contribution is -0.0198. The predicted octanol–water partition coefficient (Wildman–Crippen LogP) is 4.03. The van der Waals surface area contributed by atoms with Crippen LogP contribution in [0.5, 0.6) is 0 Å². The molecule has 1 N–H and O–H groups in total. The van der Waals surface area contributed by atoms with E-state index in [1.807, 2.05) is 4.90 Å². The Kier molecular flexibility index (Phi) is 4.16. The number of amides is 1. The monoisotopic (exact) mass is 363 g/mol. The van der Waals surface area contributed by atoms with Gasteiger partial charge in [0.15, 0.2) is 0 Å². The molecule has 0 spiro atoms. The Labute approximate surface area is 159 Å². The number of rotatable bonds is 3. The topological polar surface area (TPSA) is 49.8 Å². The molecule has 2 aliphatic heterocycles. The molecule has 2 heterocycles. The van der Waals surface area contributed by atoms with Gasteiger partial charge in [0.05, 0.1) is 0 Å². The molecule has 0 aromatic heterocycles. The number of carbonyl (C=O) groups is 1. The van der Waals surface area contributed by atoms with Gasteiger partial charge in [-0.3, -0.25) is 0 Å². The van der Waals surface area contributed by atoms with Crippen LogP contribution in [0.15, 0.2) is 48.5 Å². The molecule has 140 valence electrons. The number of benzene rings is 2. The summed E-state index contributed by atoms with van der Waals surface area (Å²) in [5, 5.41) is 9.65. The van der Waals surface area contributed by atoms with E-state index in [4.69, 9.17) is 4.74 Å². The number of aliphatic hydroxyl groups is 1. The molecule has 2 saturated heterocycles. The average Bonchev–Trinajstić information content (AvgIpc) is 3.06. The van der Waals surface area contributed by atoms with E-state index in [0.29, 0.717) is 12.5 Å². The Bertz CT molecular complexity index is 819. The van der Waals surface area contributed by atoms with Crippen LogP contribution in [0.1, 0.15) is 36.3 Å². The molecule has 4 heteroatoms. The molecule has 2 bridgehead atoms. The first-order chi connectivity index (χ1) is 13.3. The van der Waals surface area contributed by atoms with Crippen molar-refractivity contribution in [1.29, 1.82) is 0 Å². The molecular weight excluding hydrogens is 338 g/mol. The van der Waals surface area contributed by atoms with Crippen molar-refractivity contribution >= 4 is 6.09 Å². The lowest BCUT2D eigenvalue weighted by atomic mass is 9.73. The highest BCUT2D eigenvalue weighted by molar-refractivity contribution is 5.79. The summed E-state index contributed by atoms with van der Waals surface area (Å²) in [6.45, 7) is 1.30. The van der Waals surface area contributed by atoms with Crippen molar-refractivity contribution < 1.29 is 14.6 Å². The lowest BCUT2D eigenvalue weighted by Gasteiger charge is -2.48. The minimum absolute atomic E-state index is 0.0944. The summed E-state index contributed by atoms with van der Waals surface area (Å²) in [5.41, 5.74) is 4.96. The number of nitrogens with zero attached hydrogens (tertiary/aromatic N) is 1. The van der Waals surface area contributed by atoms with Gasteiger partial charge < -0.3 is 14.7 Å². The van der Waals surface area contributed by atoms with Gasteiger partial charge in [0.1, 0.15) is 6.61 Å². The largest absolute Gasteiger partial charge is 0.448 e. The van der Waals surface area contributed by atoms with E-state index in [-0.39, 0.29) is 30.6 Å². The Morgan fingerprint density at radius 3 is 2.33 bits per heavy atom. The zero-order chi connectivity index (χ0) is 18.4. The normalized spacial score (nSPS) is 26.0. The Morgan fingerprint density at radius 2 is 1.70 bits per heavy atom. The molecule has 3 atom stereocenters. The minimum Gasteiger partial charge on any atom is -0.448 e. The van der Waals surface area contributed by atoms with Gasteiger partial charge in [-0.05, 0) is 47.4 Å². The first kappa shape index (κ1) is 16.8. The van der Waals surface area contributed by atoms with Crippen LogP contribution in [-0.2, 0) is 4.74 Å². The van der Waals surface area contributed by atoms with Crippen LogP contribution in [-0.4, -0.2) is 41.9 Å². The molecule has 2 aromatic carbocycles. The van der Waals surface area contributed by atoms with E-state index < -0.39 is 0 Å². The summed E-state index contributed by atoms with van der Waals surface area (Å²) in [6, 6.07) is 16.9. The lowest BCUT2D eigenvalue weighted by Crippen LogP contribution is -2.56. The number of aliphatic hydroxyl groups excluding tert-OH is 1. The molecule has 4 nitrogen and oxygen atoms in total. The van der Waals surface area contributed by atoms with E-state index in [0.717, 1.165) is 25.8 Å². The minimum atomic E-state index is -0.218. The molecule has 27 heavy (non-hydrogen) atoms. The molecule has 4 aliphatic rings. The Morgan fingerprint density at radius 1 is 1.04 bits per heavy atom. The number of carbonyl (C=O) groups excluding carboxylic acids is 1. The van der Waals surface area contributed by atoms with Crippen molar-refractivity contribution in [3.8, 4) is 11.1 Å². The van der Waals surface area contributed by atoms with Crippen LogP contribution < -0.4 is 0 Å². The molecular formula is C23H25NO3. The maximum Gasteiger partial charge on any atom is 0.410 e. The fourth-order valence-electron chi connectivity index (χ4n) is 5.42. The molecule has 3 fully saturated rings. The van der Waals surface area contributed by atoms with Crippen LogP contribution in [0.2, 0.25) is 0 Å². The van der Waals surface area contributed by atoms with Crippen LogP contribution >= 0.6 is 0 Å². The number of ether oxygens (including phenoxy) is 1. The van der Waals surface area contributed by atoms with Gasteiger partial charge in [-0.25, -0.2) is 4.79 Å². The third-order valence-electron chi connectivity index (χ3n) is 6.71. The van der Waals surface area contributed by atoms with Gasteiger partial charge in [0, 0.05) is 31.0 Å². The maximum atomic E-state index is 12.9. The van der Waals surface area contributed by atoms with Gasteiger partial charge in [-0.2, -0.15) is 0 Å². The second kappa shape index (κ2) is 6.68. The summed E-state index contributed by atoms with van der Waals surface area (Å²) < 4.78 is 5.83. The van der Waals surface area contributed by atoms with Crippen LogP contribution in [0, 0.1) is 11.8 Å². The molecule has 2 aromatic rings. The summed E-state index contributed by atoms with van der Waals surface area (Å²) in [5.74, 6) is 0.808. The summed E-state index contributed by atoms with van der Waals surface area (Å²) in [6.07, 6.45) is 2.97. The number of fused-ring (bicyclic) bond motifs is 6. The predicted molar refractivity (Wildman–Crippen MR) is 103 cm³/mol. The highest BCUT2D eigenvalue weighted by Crippen LogP contribution is 2.45. The van der Waals surface area contributed by atoms with Crippen LogP contribution in [0.3, 0.4) is 0 Å². The van der Waals surface area contributed by atoms with E-state index in [1.54, 1.807) is 0 Å². The quantitative estimate of drug-likeness (QED) is 0.896. The Balaban J connectivity index is 1.34. The van der Waals surface area contributed by atoms with Crippen molar-refractivity contribution in [3.05, 3.63) is 59.7 Å². The summed E-state index contributed by atoms with van der Waals surface area (Å²) >= 11 is 0.